The van der Waals surface area contributed by atoms with Crippen LogP contribution in [-0.2, 0) is 0 Å². The standard InChI is InChI=1S/C10H13ClN2/c1-13(8-7-11)12-9-10-5-3-2-4-6-10/h2-6,9H,7-8H2,1H3. The molecule has 2 nitrogen and oxygen atoms in total. The van der Waals surface area contributed by atoms with Crippen LogP contribution in [-0.4, -0.2) is 30.7 Å². The predicted molar refractivity (Wildman–Crippen MR) is 57.4 cm³/mol. The fraction of sp³-hybridized carbons (Fsp3) is 0.300. The van der Waals surface area contributed by atoms with Crippen LogP contribution in [0.3, 0.4) is 0 Å². The highest BCUT2D eigenvalue weighted by molar-refractivity contribution is 6.18. The monoisotopic (exact) mass is 196 g/mol. The third-order valence-electron chi connectivity index (χ3n) is 1.61. The van der Waals surface area contributed by atoms with Crippen LogP contribution in [0.5, 0.6) is 0 Å². The SMILES string of the molecule is CN(CCCl)N=Cc1ccccc1. The van der Waals surface area contributed by atoms with E-state index in [0.29, 0.717) is 5.88 Å². The molecule has 0 aromatic heterocycles. The van der Waals surface area contributed by atoms with Crippen molar-refractivity contribution in [2.45, 2.75) is 0 Å². The summed E-state index contributed by atoms with van der Waals surface area (Å²) < 4.78 is 0. The maximum Gasteiger partial charge on any atom is 0.0542 e. The van der Waals surface area contributed by atoms with E-state index in [0.717, 1.165) is 12.1 Å². The van der Waals surface area contributed by atoms with Gasteiger partial charge in [-0.3, -0.25) is 5.01 Å². The van der Waals surface area contributed by atoms with Gasteiger partial charge in [-0.05, 0) is 5.56 Å². The van der Waals surface area contributed by atoms with Gasteiger partial charge in [-0.25, -0.2) is 0 Å². The summed E-state index contributed by atoms with van der Waals surface area (Å²) in [5.74, 6) is 0.600. The van der Waals surface area contributed by atoms with E-state index < -0.39 is 0 Å². The Morgan fingerprint density at radius 1 is 1.38 bits per heavy atom. The molecule has 0 saturated carbocycles. The summed E-state index contributed by atoms with van der Waals surface area (Å²) in [7, 11) is 1.90. The van der Waals surface area contributed by atoms with Gasteiger partial charge in [-0.2, -0.15) is 5.10 Å². The lowest BCUT2D eigenvalue weighted by Gasteiger charge is -2.09. The van der Waals surface area contributed by atoms with Gasteiger partial charge in [-0.1, -0.05) is 30.3 Å². The lowest BCUT2D eigenvalue weighted by molar-refractivity contribution is 0.380. The van der Waals surface area contributed by atoms with Gasteiger partial charge in [0.25, 0.3) is 0 Å². The largest absolute Gasteiger partial charge is 0.299 e. The van der Waals surface area contributed by atoms with E-state index in [2.05, 4.69) is 5.10 Å². The van der Waals surface area contributed by atoms with Gasteiger partial charge in [0.2, 0.25) is 0 Å². The molecule has 0 N–H and O–H groups in total. The smallest absolute Gasteiger partial charge is 0.0542 e. The van der Waals surface area contributed by atoms with Crippen molar-refractivity contribution in [2.24, 2.45) is 5.10 Å². The first kappa shape index (κ1) is 10.1. The summed E-state index contributed by atoms with van der Waals surface area (Å²) in [6.45, 7) is 0.769. The van der Waals surface area contributed by atoms with E-state index in [-0.39, 0.29) is 0 Å². The van der Waals surface area contributed by atoms with Crippen LogP contribution in [0.4, 0.5) is 0 Å². The molecule has 0 aliphatic rings. The van der Waals surface area contributed by atoms with Crippen molar-refractivity contribution in [1.29, 1.82) is 0 Å². The second kappa shape index (κ2) is 5.60. The van der Waals surface area contributed by atoms with Crippen LogP contribution in [0.1, 0.15) is 5.56 Å². The highest BCUT2D eigenvalue weighted by atomic mass is 35.5. The predicted octanol–water partition coefficient (Wildman–Crippen LogP) is 2.19. The second-order valence-corrected chi connectivity index (χ2v) is 3.10. The summed E-state index contributed by atoms with van der Waals surface area (Å²) in [5, 5.41) is 6.03. The highest BCUT2D eigenvalue weighted by Gasteiger charge is 1.89. The van der Waals surface area contributed by atoms with Crippen molar-refractivity contribution < 1.29 is 0 Å². The Kier molecular flexibility index (Phi) is 4.33. The maximum absolute atomic E-state index is 5.56. The molecule has 0 spiro atoms. The average Bonchev–Trinajstić information content (AvgIpc) is 2.17. The van der Waals surface area contributed by atoms with Gasteiger partial charge in [0.15, 0.2) is 0 Å². The number of rotatable bonds is 4. The Bertz CT molecular complexity index is 259. The number of nitrogens with zero attached hydrogens (tertiary/aromatic N) is 2. The van der Waals surface area contributed by atoms with Gasteiger partial charge in [0, 0.05) is 19.5 Å². The molecule has 0 radical (unpaired) electrons. The van der Waals surface area contributed by atoms with Crippen LogP contribution >= 0.6 is 11.6 Å². The third kappa shape index (κ3) is 3.95. The van der Waals surface area contributed by atoms with Crippen molar-refractivity contribution in [3.8, 4) is 0 Å². The van der Waals surface area contributed by atoms with Crippen LogP contribution in [0.15, 0.2) is 35.4 Å². The zero-order valence-corrected chi connectivity index (χ0v) is 8.41. The van der Waals surface area contributed by atoms with Gasteiger partial charge in [0.1, 0.15) is 0 Å². The first-order chi connectivity index (χ1) is 6.33. The van der Waals surface area contributed by atoms with E-state index in [1.54, 1.807) is 0 Å². The normalized spacial score (nSPS) is 10.6. The number of hydrogen-bond acceptors (Lipinski definition) is 2. The summed E-state index contributed by atoms with van der Waals surface area (Å²) >= 11 is 5.56. The summed E-state index contributed by atoms with van der Waals surface area (Å²) in [5.41, 5.74) is 1.10. The molecule has 0 aliphatic carbocycles. The van der Waals surface area contributed by atoms with E-state index in [9.17, 15) is 0 Å². The minimum atomic E-state index is 0.600. The lowest BCUT2D eigenvalue weighted by Crippen LogP contribution is -2.13. The molecule has 0 fully saturated rings. The van der Waals surface area contributed by atoms with Crippen LogP contribution in [0, 0.1) is 0 Å². The molecule has 70 valence electrons. The third-order valence-corrected chi connectivity index (χ3v) is 1.78. The second-order valence-electron chi connectivity index (χ2n) is 2.73. The molecule has 0 amide bonds. The van der Waals surface area contributed by atoms with E-state index in [4.69, 9.17) is 11.6 Å². The molecular weight excluding hydrogens is 184 g/mol. The Hall–Kier alpha value is -1.02. The van der Waals surface area contributed by atoms with E-state index in [1.807, 2.05) is 48.6 Å². The Labute approximate surface area is 83.8 Å². The van der Waals surface area contributed by atoms with E-state index >= 15 is 0 Å². The fourth-order valence-corrected chi connectivity index (χ4v) is 1.13. The van der Waals surface area contributed by atoms with Gasteiger partial charge < -0.3 is 0 Å². The Morgan fingerprint density at radius 2 is 2.08 bits per heavy atom. The van der Waals surface area contributed by atoms with Gasteiger partial charge in [-0.15, -0.1) is 11.6 Å². The number of benzene rings is 1. The Morgan fingerprint density at radius 3 is 2.69 bits per heavy atom. The van der Waals surface area contributed by atoms with Crippen molar-refractivity contribution >= 4 is 17.8 Å². The topological polar surface area (TPSA) is 15.6 Å². The number of hydrogen-bond donors (Lipinski definition) is 0. The van der Waals surface area contributed by atoms with Crippen molar-refractivity contribution in [1.82, 2.24) is 5.01 Å². The summed E-state index contributed by atoms with van der Waals surface area (Å²) in [4.78, 5) is 0. The molecule has 0 bridgehead atoms. The average molecular weight is 197 g/mol. The molecule has 3 heteroatoms. The number of halogens is 1. The molecule has 13 heavy (non-hydrogen) atoms. The molecule has 0 atom stereocenters. The first-order valence-electron chi connectivity index (χ1n) is 4.19. The molecule has 1 aromatic carbocycles. The Balaban J connectivity index is 2.49. The quantitative estimate of drug-likeness (QED) is 0.410. The highest BCUT2D eigenvalue weighted by Crippen LogP contribution is 1.95. The molecule has 0 saturated heterocycles. The molecular formula is C10H13ClN2. The van der Waals surface area contributed by atoms with Crippen molar-refractivity contribution in [3.05, 3.63) is 35.9 Å². The van der Waals surface area contributed by atoms with Crippen molar-refractivity contribution in [2.75, 3.05) is 19.5 Å². The van der Waals surface area contributed by atoms with Crippen molar-refractivity contribution in [3.63, 3.8) is 0 Å². The molecule has 0 unspecified atom stereocenters. The zero-order chi connectivity index (χ0) is 9.52. The fourth-order valence-electron chi connectivity index (χ4n) is 0.884. The van der Waals surface area contributed by atoms with Gasteiger partial charge >= 0.3 is 0 Å². The number of hydrazone groups is 1. The van der Waals surface area contributed by atoms with Gasteiger partial charge in [0.05, 0.1) is 6.21 Å². The van der Waals surface area contributed by atoms with E-state index in [1.165, 1.54) is 0 Å². The molecule has 1 aromatic rings. The molecule has 0 aliphatic heterocycles. The molecule has 1 rings (SSSR count). The first-order valence-corrected chi connectivity index (χ1v) is 4.72. The minimum absolute atomic E-state index is 0.600. The molecule has 0 heterocycles. The number of alkyl halides is 1. The van der Waals surface area contributed by atoms with Crippen LogP contribution < -0.4 is 0 Å². The van der Waals surface area contributed by atoms with Crippen LogP contribution in [0.25, 0.3) is 0 Å². The maximum atomic E-state index is 5.56. The summed E-state index contributed by atoms with van der Waals surface area (Å²) in [6, 6.07) is 9.99. The minimum Gasteiger partial charge on any atom is -0.299 e. The zero-order valence-electron chi connectivity index (χ0n) is 7.65. The lowest BCUT2D eigenvalue weighted by atomic mass is 10.2. The van der Waals surface area contributed by atoms with Crippen LogP contribution in [0.2, 0.25) is 0 Å². The summed E-state index contributed by atoms with van der Waals surface area (Å²) in [6.07, 6.45) is 1.83.